The molecule has 4 aromatic rings. The summed E-state index contributed by atoms with van der Waals surface area (Å²) in [4.78, 5) is 34.1. The lowest BCUT2D eigenvalue weighted by molar-refractivity contribution is -0.137. The molecule has 0 atom stereocenters. The van der Waals surface area contributed by atoms with E-state index in [0.29, 0.717) is 17.1 Å². The van der Waals surface area contributed by atoms with Crippen molar-refractivity contribution in [1.29, 1.82) is 5.26 Å². The largest absolute Gasteiger partial charge is 0.416 e. The first-order valence-corrected chi connectivity index (χ1v) is 10.1. The standard InChI is InChI=1S/C23H16F3N7O2/c1-13-19(17-8-9-30-33(17)18-7-6-14(11-27)12-29-18)31-20(21(34)28-2)22(35)32(13)16-5-3-4-15(10-16)23(24,25)26/h3-10,12H,1-2H3,(H,28,34). The van der Waals surface area contributed by atoms with Crippen LogP contribution in [-0.2, 0) is 6.18 Å². The van der Waals surface area contributed by atoms with Crippen LogP contribution < -0.4 is 10.9 Å². The summed E-state index contributed by atoms with van der Waals surface area (Å²) < 4.78 is 42.4. The molecule has 0 aliphatic carbocycles. The minimum Gasteiger partial charge on any atom is -0.354 e. The molecule has 12 heteroatoms. The minimum atomic E-state index is -4.63. The summed E-state index contributed by atoms with van der Waals surface area (Å²) in [6, 6.07) is 10.8. The molecule has 0 aliphatic heterocycles. The normalized spacial score (nSPS) is 11.2. The van der Waals surface area contributed by atoms with E-state index in [1.54, 1.807) is 12.1 Å². The van der Waals surface area contributed by atoms with E-state index in [9.17, 15) is 22.8 Å². The number of nitrogens with one attached hydrogen (secondary N) is 1. The van der Waals surface area contributed by atoms with Crippen LogP contribution in [0.5, 0.6) is 0 Å². The lowest BCUT2D eigenvalue weighted by Gasteiger charge is -2.17. The number of aromatic nitrogens is 5. The number of hydrogen-bond donors (Lipinski definition) is 1. The summed E-state index contributed by atoms with van der Waals surface area (Å²) >= 11 is 0. The average Bonchev–Trinajstić information content (AvgIpc) is 3.33. The Balaban J connectivity index is 1.99. The number of rotatable bonds is 4. The van der Waals surface area contributed by atoms with Crippen molar-refractivity contribution in [1.82, 2.24) is 29.6 Å². The molecule has 3 heterocycles. The fourth-order valence-electron chi connectivity index (χ4n) is 3.49. The number of nitriles is 1. The maximum Gasteiger partial charge on any atom is 0.416 e. The number of halogens is 3. The van der Waals surface area contributed by atoms with E-state index in [2.05, 4.69) is 20.4 Å². The first-order valence-electron chi connectivity index (χ1n) is 10.1. The Morgan fingerprint density at radius 1 is 1.17 bits per heavy atom. The van der Waals surface area contributed by atoms with Crippen LogP contribution in [-0.4, -0.2) is 37.3 Å². The maximum atomic E-state index is 13.3. The van der Waals surface area contributed by atoms with Gasteiger partial charge >= 0.3 is 6.18 Å². The van der Waals surface area contributed by atoms with Gasteiger partial charge in [-0.25, -0.2) is 14.6 Å². The average molecular weight is 479 g/mol. The van der Waals surface area contributed by atoms with Gasteiger partial charge in [0, 0.05) is 18.9 Å². The van der Waals surface area contributed by atoms with Crippen molar-refractivity contribution in [2.75, 3.05) is 7.05 Å². The fourth-order valence-corrected chi connectivity index (χ4v) is 3.49. The summed E-state index contributed by atoms with van der Waals surface area (Å²) in [5.74, 6) is -0.483. The number of pyridine rings is 1. The van der Waals surface area contributed by atoms with Gasteiger partial charge in [-0.2, -0.15) is 23.5 Å². The monoisotopic (exact) mass is 479 g/mol. The fraction of sp³-hybridized carbons (Fsp3) is 0.130. The van der Waals surface area contributed by atoms with Gasteiger partial charge in [-0.1, -0.05) is 6.07 Å². The number of carbonyl (C=O) groups is 1. The van der Waals surface area contributed by atoms with Crippen LogP contribution in [0.3, 0.4) is 0 Å². The molecule has 0 fully saturated rings. The first-order chi connectivity index (χ1) is 16.7. The van der Waals surface area contributed by atoms with Gasteiger partial charge in [0.25, 0.3) is 11.5 Å². The summed E-state index contributed by atoms with van der Waals surface area (Å²) in [5.41, 5.74) is -1.46. The van der Waals surface area contributed by atoms with E-state index < -0.39 is 28.9 Å². The predicted octanol–water partition coefficient (Wildman–Crippen LogP) is 3.04. The molecular formula is C23H16F3N7O2. The van der Waals surface area contributed by atoms with Crippen LogP contribution in [0.1, 0.15) is 27.3 Å². The molecule has 0 radical (unpaired) electrons. The number of carbonyl (C=O) groups excluding carboxylic acids is 1. The van der Waals surface area contributed by atoms with Crippen LogP contribution >= 0.6 is 0 Å². The second-order valence-electron chi connectivity index (χ2n) is 7.31. The van der Waals surface area contributed by atoms with E-state index >= 15 is 0 Å². The number of hydrogen-bond acceptors (Lipinski definition) is 6. The van der Waals surface area contributed by atoms with Crippen LogP contribution in [0.15, 0.2) is 59.7 Å². The Morgan fingerprint density at radius 3 is 2.57 bits per heavy atom. The Kier molecular flexibility index (Phi) is 5.92. The smallest absolute Gasteiger partial charge is 0.354 e. The Morgan fingerprint density at radius 2 is 1.94 bits per heavy atom. The zero-order valence-corrected chi connectivity index (χ0v) is 18.3. The number of nitrogens with zero attached hydrogens (tertiary/aromatic N) is 6. The lowest BCUT2D eigenvalue weighted by atomic mass is 10.1. The maximum absolute atomic E-state index is 13.3. The van der Waals surface area contributed by atoms with E-state index in [1.807, 2.05) is 6.07 Å². The molecule has 3 aromatic heterocycles. The number of alkyl halides is 3. The summed E-state index contributed by atoms with van der Waals surface area (Å²) in [6.07, 6.45) is -1.84. The molecule has 4 rings (SSSR count). The topological polar surface area (TPSA) is 118 Å². The van der Waals surface area contributed by atoms with Crippen molar-refractivity contribution in [3.05, 3.63) is 87.7 Å². The number of amides is 1. The highest BCUT2D eigenvalue weighted by atomic mass is 19.4. The van der Waals surface area contributed by atoms with Gasteiger partial charge < -0.3 is 5.32 Å². The van der Waals surface area contributed by atoms with Gasteiger partial charge in [-0.15, -0.1) is 0 Å². The molecule has 1 amide bonds. The molecule has 35 heavy (non-hydrogen) atoms. The second kappa shape index (κ2) is 8.86. The van der Waals surface area contributed by atoms with Crippen LogP contribution in [0.4, 0.5) is 13.2 Å². The molecule has 0 saturated heterocycles. The molecular weight excluding hydrogens is 463 g/mol. The summed E-state index contributed by atoms with van der Waals surface area (Å²) in [5, 5.41) is 15.6. The van der Waals surface area contributed by atoms with Gasteiger partial charge in [0.05, 0.1) is 28.7 Å². The Hall–Kier alpha value is -4.79. The molecule has 9 nitrogen and oxygen atoms in total. The summed E-state index contributed by atoms with van der Waals surface area (Å²) in [6.45, 7) is 1.50. The van der Waals surface area contributed by atoms with Gasteiger partial charge in [0.15, 0.2) is 11.5 Å². The minimum absolute atomic E-state index is 0.0845. The third-order valence-corrected chi connectivity index (χ3v) is 5.16. The van der Waals surface area contributed by atoms with E-state index in [1.165, 1.54) is 49.2 Å². The van der Waals surface area contributed by atoms with Crippen molar-refractivity contribution >= 4 is 5.91 Å². The molecule has 0 bridgehead atoms. The van der Waals surface area contributed by atoms with E-state index in [-0.39, 0.29) is 17.1 Å². The molecule has 1 aromatic carbocycles. The molecule has 0 unspecified atom stereocenters. The van der Waals surface area contributed by atoms with Crippen molar-refractivity contribution < 1.29 is 18.0 Å². The van der Waals surface area contributed by atoms with E-state index in [4.69, 9.17) is 5.26 Å². The molecule has 176 valence electrons. The Labute approximate surface area is 196 Å². The third kappa shape index (κ3) is 4.26. The third-order valence-electron chi connectivity index (χ3n) is 5.16. The van der Waals surface area contributed by atoms with Crippen molar-refractivity contribution in [3.8, 4) is 29.0 Å². The Bertz CT molecular complexity index is 1530. The summed E-state index contributed by atoms with van der Waals surface area (Å²) in [7, 11) is 1.31. The van der Waals surface area contributed by atoms with E-state index in [0.717, 1.165) is 16.7 Å². The van der Waals surface area contributed by atoms with Gasteiger partial charge in [0.2, 0.25) is 0 Å². The second-order valence-corrected chi connectivity index (χ2v) is 7.31. The van der Waals surface area contributed by atoms with Gasteiger partial charge in [-0.3, -0.25) is 14.2 Å². The SMILES string of the molecule is CNC(=O)c1nc(-c2ccnn2-c2ccc(C#N)cn2)c(C)n(-c2cccc(C(F)(F)F)c2)c1=O. The van der Waals surface area contributed by atoms with Crippen molar-refractivity contribution in [3.63, 3.8) is 0 Å². The molecule has 0 saturated carbocycles. The van der Waals surface area contributed by atoms with Gasteiger partial charge in [-0.05, 0) is 43.3 Å². The van der Waals surface area contributed by atoms with Crippen LogP contribution in [0.2, 0.25) is 0 Å². The highest BCUT2D eigenvalue weighted by molar-refractivity contribution is 5.92. The van der Waals surface area contributed by atoms with Gasteiger partial charge in [0.1, 0.15) is 11.8 Å². The zero-order valence-electron chi connectivity index (χ0n) is 18.3. The molecule has 0 aliphatic rings. The highest BCUT2D eigenvalue weighted by Gasteiger charge is 2.31. The molecule has 1 N–H and O–H groups in total. The highest BCUT2D eigenvalue weighted by Crippen LogP contribution is 2.31. The van der Waals surface area contributed by atoms with Crippen molar-refractivity contribution in [2.24, 2.45) is 0 Å². The predicted molar refractivity (Wildman–Crippen MR) is 118 cm³/mol. The quantitative estimate of drug-likeness (QED) is 0.481. The molecule has 0 spiro atoms. The van der Waals surface area contributed by atoms with Crippen molar-refractivity contribution in [2.45, 2.75) is 13.1 Å². The van der Waals surface area contributed by atoms with Crippen LogP contribution in [0.25, 0.3) is 22.9 Å². The van der Waals surface area contributed by atoms with Crippen LogP contribution in [0, 0.1) is 18.3 Å². The zero-order chi connectivity index (χ0) is 25.3. The first kappa shape index (κ1) is 23.4. The lowest BCUT2D eigenvalue weighted by Crippen LogP contribution is -2.34. The number of benzene rings is 1.